The molecule has 0 spiro atoms. The molecule has 5 heteroatoms. The number of piperidine rings is 1. The average molecular weight is 314 g/mol. The van der Waals surface area contributed by atoms with Gasteiger partial charge in [-0.15, -0.1) is 0 Å². The van der Waals surface area contributed by atoms with Crippen LogP contribution in [0.1, 0.15) is 36.5 Å². The van der Waals surface area contributed by atoms with Gasteiger partial charge in [-0.3, -0.25) is 4.79 Å². The molecule has 2 heterocycles. The predicted octanol–water partition coefficient (Wildman–Crippen LogP) is 2.40. The maximum atomic E-state index is 12.4. The Bertz CT molecular complexity index is 745. The summed E-state index contributed by atoms with van der Waals surface area (Å²) in [5, 5.41) is 3.74. The summed E-state index contributed by atoms with van der Waals surface area (Å²) in [4.78, 5) is 26.8. The molecule has 0 atom stereocenters. The molecule has 1 aromatic heterocycles. The highest BCUT2D eigenvalue weighted by Gasteiger charge is 2.22. The second-order valence-electron chi connectivity index (χ2n) is 6.07. The number of likely N-dealkylation sites (tertiary alicyclic amines) is 1. The molecule has 3 rings (SSSR count). The van der Waals surface area contributed by atoms with Crippen LogP contribution in [0.5, 0.6) is 0 Å². The lowest BCUT2D eigenvalue weighted by molar-refractivity contribution is 0.0907. The van der Waals surface area contributed by atoms with Crippen molar-refractivity contribution >= 4 is 16.9 Å². The van der Waals surface area contributed by atoms with Crippen LogP contribution in [0.2, 0.25) is 0 Å². The van der Waals surface area contributed by atoms with Crippen LogP contribution < -0.4 is 10.9 Å². The van der Waals surface area contributed by atoms with Gasteiger partial charge in [0.25, 0.3) is 5.91 Å². The molecule has 5 nitrogen and oxygen atoms in total. The van der Waals surface area contributed by atoms with Gasteiger partial charge in [-0.25, -0.2) is 4.79 Å². The number of hydrogen-bond donors (Lipinski definition) is 1. The Morgan fingerprint density at radius 1 is 1.30 bits per heavy atom. The normalized spacial score (nSPS) is 16.6. The van der Waals surface area contributed by atoms with Gasteiger partial charge < -0.3 is 14.6 Å². The van der Waals surface area contributed by atoms with Crippen LogP contribution in [0.25, 0.3) is 11.0 Å². The molecular formula is C18H22N2O3. The predicted molar refractivity (Wildman–Crippen MR) is 89.7 cm³/mol. The van der Waals surface area contributed by atoms with Gasteiger partial charge in [0.15, 0.2) is 0 Å². The Morgan fingerprint density at radius 3 is 2.78 bits per heavy atom. The Hall–Kier alpha value is -2.14. The monoisotopic (exact) mass is 314 g/mol. The second-order valence-corrected chi connectivity index (χ2v) is 6.07. The van der Waals surface area contributed by atoms with E-state index in [2.05, 4.69) is 17.1 Å². The van der Waals surface area contributed by atoms with Crippen LogP contribution in [-0.2, 0) is 0 Å². The van der Waals surface area contributed by atoms with Gasteiger partial charge in [0.2, 0.25) is 0 Å². The number of nitrogens with one attached hydrogen (secondary N) is 1. The third-order valence-corrected chi connectivity index (χ3v) is 4.35. The number of nitrogens with zero attached hydrogens (tertiary/aromatic N) is 1. The van der Waals surface area contributed by atoms with E-state index in [1.54, 1.807) is 18.2 Å². The number of amides is 1. The first-order valence-corrected chi connectivity index (χ1v) is 8.23. The van der Waals surface area contributed by atoms with Crippen molar-refractivity contribution < 1.29 is 9.21 Å². The third kappa shape index (κ3) is 3.62. The van der Waals surface area contributed by atoms with Crippen LogP contribution in [0.4, 0.5) is 0 Å². The minimum atomic E-state index is -0.579. The quantitative estimate of drug-likeness (QED) is 0.880. The van der Waals surface area contributed by atoms with Crippen molar-refractivity contribution in [2.45, 2.75) is 32.2 Å². The van der Waals surface area contributed by atoms with E-state index < -0.39 is 5.63 Å². The molecule has 0 saturated carbocycles. The molecule has 1 aromatic carbocycles. The van der Waals surface area contributed by atoms with Crippen molar-refractivity contribution in [1.82, 2.24) is 10.2 Å². The molecule has 0 bridgehead atoms. The second kappa shape index (κ2) is 6.96. The van der Waals surface area contributed by atoms with Crippen molar-refractivity contribution in [3.8, 4) is 0 Å². The minimum Gasteiger partial charge on any atom is -0.422 e. The van der Waals surface area contributed by atoms with Crippen molar-refractivity contribution in [2.75, 3.05) is 19.6 Å². The zero-order chi connectivity index (χ0) is 16.2. The maximum absolute atomic E-state index is 12.4. The summed E-state index contributed by atoms with van der Waals surface area (Å²) in [5.74, 6) is -0.335. The summed E-state index contributed by atoms with van der Waals surface area (Å²) in [7, 11) is 0. The largest absolute Gasteiger partial charge is 0.422 e. The fourth-order valence-corrected chi connectivity index (χ4v) is 3.10. The van der Waals surface area contributed by atoms with Crippen molar-refractivity contribution in [3.63, 3.8) is 0 Å². The van der Waals surface area contributed by atoms with Crippen LogP contribution in [0.15, 0.2) is 39.5 Å². The Morgan fingerprint density at radius 2 is 2.04 bits per heavy atom. The average Bonchev–Trinajstić information content (AvgIpc) is 2.56. The first kappa shape index (κ1) is 15.7. The van der Waals surface area contributed by atoms with Crippen molar-refractivity contribution in [1.29, 1.82) is 0 Å². The lowest BCUT2D eigenvalue weighted by Gasteiger charge is -2.32. The van der Waals surface area contributed by atoms with Crippen LogP contribution >= 0.6 is 0 Å². The highest BCUT2D eigenvalue weighted by molar-refractivity contribution is 5.96. The van der Waals surface area contributed by atoms with Crippen molar-refractivity contribution in [3.05, 3.63) is 46.3 Å². The summed E-state index contributed by atoms with van der Waals surface area (Å²) in [5.41, 5.74) is 0.00577. The minimum absolute atomic E-state index is 0.0830. The number of fused-ring (bicyclic) bond motifs is 1. The third-order valence-electron chi connectivity index (χ3n) is 4.35. The standard InChI is InChI=1S/C18H22N2O3/c1-2-9-20-10-7-14(8-11-20)19-17(21)15-12-13-5-3-4-6-16(13)23-18(15)22/h3-6,12,14H,2,7-11H2,1H3,(H,19,21). The summed E-state index contributed by atoms with van der Waals surface area (Å²) in [6.45, 7) is 5.26. The number of benzene rings is 1. The van der Waals surface area contributed by atoms with E-state index in [0.29, 0.717) is 5.58 Å². The molecule has 23 heavy (non-hydrogen) atoms. The van der Waals surface area contributed by atoms with Crippen LogP contribution in [0, 0.1) is 0 Å². The molecular weight excluding hydrogens is 292 g/mol. The van der Waals surface area contributed by atoms with Gasteiger partial charge >= 0.3 is 5.63 Å². The van der Waals surface area contributed by atoms with Gasteiger partial charge in [0, 0.05) is 24.5 Å². The van der Waals surface area contributed by atoms with Crippen LogP contribution in [0.3, 0.4) is 0 Å². The molecule has 1 aliphatic heterocycles. The number of carbonyl (C=O) groups excluding carboxylic acids is 1. The Balaban J connectivity index is 1.69. The van der Waals surface area contributed by atoms with E-state index in [-0.39, 0.29) is 17.5 Å². The van der Waals surface area contributed by atoms with Gasteiger partial charge in [0.1, 0.15) is 11.1 Å². The van der Waals surface area contributed by atoms with E-state index in [1.807, 2.05) is 12.1 Å². The lowest BCUT2D eigenvalue weighted by atomic mass is 10.0. The number of carbonyl (C=O) groups is 1. The molecule has 0 radical (unpaired) electrons. The molecule has 1 aliphatic rings. The topological polar surface area (TPSA) is 62.6 Å². The smallest absolute Gasteiger partial charge is 0.349 e. The Kier molecular flexibility index (Phi) is 4.76. The SMILES string of the molecule is CCCN1CCC(NC(=O)c2cc3ccccc3oc2=O)CC1. The highest BCUT2D eigenvalue weighted by atomic mass is 16.4. The molecule has 1 amide bonds. The van der Waals surface area contributed by atoms with E-state index >= 15 is 0 Å². The molecule has 0 unspecified atom stereocenters. The summed E-state index contributed by atoms with van der Waals surface area (Å²) >= 11 is 0. The molecule has 1 saturated heterocycles. The first-order chi connectivity index (χ1) is 11.2. The zero-order valence-electron chi connectivity index (χ0n) is 13.4. The zero-order valence-corrected chi connectivity index (χ0v) is 13.4. The van der Waals surface area contributed by atoms with Gasteiger partial charge in [0.05, 0.1) is 0 Å². The molecule has 1 N–H and O–H groups in total. The Labute approximate surface area is 135 Å². The summed E-state index contributed by atoms with van der Waals surface area (Å²) in [6.07, 6.45) is 2.99. The summed E-state index contributed by atoms with van der Waals surface area (Å²) < 4.78 is 5.23. The van der Waals surface area contributed by atoms with Crippen LogP contribution in [-0.4, -0.2) is 36.5 Å². The number of rotatable bonds is 4. The van der Waals surface area contributed by atoms with Gasteiger partial charge in [-0.1, -0.05) is 25.1 Å². The first-order valence-electron chi connectivity index (χ1n) is 8.23. The molecule has 0 aliphatic carbocycles. The molecule has 1 fully saturated rings. The van der Waals surface area contributed by atoms with Crippen molar-refractivity contribution in [2.24, 2.45) is 0 Å². The number of hydrogen-bond acceptors (Lipinski definition) is 4. The highest BCUT2D eigenvalue weighted by Crippen LogP contribution is 2.14. The van der Waals surface area contributed by atoms with E-state index in [1.165, 1.54) is 0 Å². The summed E-state index contributed by atoms with van der Waals surface area (Å²) in [6, 6.07) is 8.95. The van der Waals surface area contributed by atoms with E-state index in [9.17, 15) is 9.59 Å². The fourth-order valence-electron chi connectivity index (χ4n) is 3.10. The van der Waals surface area contributed by atoms with Gasteiger partial charge in [-0.2, -0.15) is 0 Å². The van der Waals surface area contributed by atoms with E-state index in [0.717, 1.165) is 44.3 Å². The molecule has 122 valence electrons. The fraction of sp³-hybridized carbons (Fsp3) is 0.444. The van der Waals surface area contributed by atoms with E-state index in [4.69, 9.17) is 4.42 Å². The lowest BCUT2D eigenvalue weighted by Crippen LogP contribution is -2.45. The molecule has 2 aromatic rings. The maximum Gasteiger partial charge on any atom is 0.349 e. The number of para-hydroxylation sites is 1. The van der Waals surface area contributed by atoms with Gasteiger partial charge in [-0.05, 0) is 37.9 Å².